The molecule has 3 rings (SSSR count). The molecule has 21 heavy (non-hydrogen) atoms. The zero-order valence-electron chi connectivity index (χ0n) is 11.5. The third kappa shape index (κ3) is 2.95. The summed E-state index contributed by atoms with van der Waals surface area (Å²) in [4.78, 5) is 12.4. The van der Waals surface area contributed by atoms with Crippen LogP contribution in [0.1, 0.15) is 40.4 Å². The molecule has 1 atom stereocenters. The van der Waals surface area contributed by atoms with Gasteiger partial charge in [0.05, 0.1) is 11.6 Å². The predicted octanol–water partition coefficient (Wildman–Crippen LogP) is 3.96. The van der Waals surface area contributed by atoms with Crippen LogP contribution in [-0.4, -0.2) is 11.0 Å². The van der Waals surface area contributed by atoms with Crippen LogP contribution in [-0.2, 0) is 6.42 Å². The summed E-state index contributed by atoms with van der Waals surface area (Å²) in [5.41, 5.74) is 2.78. The van der Waals surface area contributed by atoms with Crippen molar-refractivity contribution < 1.29 is 9.90 Å². The third-order valence-electron chi connectivity index (χ3n) is 3.88. The van der Waals surface area contributed by atoms with Crippen molar-refractivity contribution in [2.75, 3.05) is 0 Å². The number of halogens is 1. The molecule has 0 aliphatic heterocycles. The summed E-state index contributed by atoms with van der Waals surface area (Å²) in [6, 6.07) is 13.1. The molecule has 0 aromatic heterocycles. The zero-order valence-corrected chi connectivity index (χ0v) is 13.1. The number of aromatic hydroxyl groups is 1. The Morgan fingerprint density at radius 1 is 1.24 bits per heavy atom. The van der Waals surface area contributed by atoms with Gasteiger partial charge in [0.15, 0.2) is 0 Å². The van der Waals surface area contributed by atoms with E-state index >= 15 is 0 Å². The minimum atomic E-state index is -0.240. The first kappa shape index (κ1) is 14.1. The van der Waals surface area contributed by atoms with Crippen LogP contribution >= 0.6 is 15.9 Å². The fourth-order valence-electron chi connectivity index (χ4n) is 2.83. The van der Waals surface area contributed by atoms with Crippen molar-refractivity contribution in [1.29, 1.82) is 0 Å². The van der Waals surface area contributed by atoms with Gasteiger partial charge in [0.2, 0.25) is 0 Å². The van der Waals surface area contributed by atoms with Crippen molar-refractivity contribution in [1.82, 2.24) is 5.32 Å². The maximum Gasteiger partial charge on any atom is 0.255 e. The monoisotopic (exact) mass is 345 g/mol. The number of fused-ring (bicyclic) bond motifs is 1. The van der Waals surface area contributed by atoms with Crippen LogP contribution in [0.4, 0.5) is 0 Å². The van der Waals surface area contributed by atoms with Gasteiger partial charge in [-0.25, -0.2) is 0 Å². The van der Waals surface area contributed by atoms with Gasteiger partial charge in [-0.2, -0.15) is 0 Å². The lowest BCUT2D eigenvalue weighted by atomic mass is 9.87. The average Bonchev–Trinajstić information content (AvgIpc) is 2.50. The topological polar surface area (TPSA) is 49.3 Å². The highest BCUT2D eigenvalue weighted by atomic mass is 79.9. The maximum absolute atomic E-state index is 12.4. The fourth-order valence-corrected chi connectivity index (χ4v) is 3.19. The van der Waals surface area contributed by atoms with Gasteiger partial charge < -0.3 is 10.4 Å². The number of benzene rings is 2. The standard InChI is InChI=1S/C17H16BrNO2/c18-12-8-9-16(20)14(10-12)17(21)19-15-7-3-5-11-4-1-2-6-13(11)15/h1-2,4,6,8-10,15,20H,3,5,7H2,(H,19,21). The molecule has 1 amide bonds. The second-order valence-corrected chi connectivity index (χ2v) is 6.19. The van der Waals surface area contributed by atoms with E-state index in [0.29, 0.717) is 5.56 Å². The van der Waals surface area contributed by atoms with Gasteiger partial charge in [-0.15, -0.1) is 0 Å². The van der Waals surface area contributed by atoms with Crippen LogP contribution in [0.2, 0.25) is 0 Å². The van der Waals surface area contributed by atoms with Crippen LogP contribution in [0.25, 0.3) is 0 Å². The van der Waals surface area contributed by atoms with E-state index in [2.05, 4.69) is 33.4 Å². The van der Waals surface area contributed by atoms with Crippen molar-refractivity contribution in [2.45, 2.75) is 25.3 Å². The highest BCUT2D eigenvalue weighted by molar-refractivity contribution is 9.10. The quantitative estimate of drug-likeness (QED) is 0.865. The summed E-state index contributed by atoms with van der Waals surface area (Å²) in [6.07, 6.45) is 3.05. The molecule has 4 heteroatoms. The molecule has 2 aromatic carbocycles. The number of carbonyl (C=O) groups is 1. The fraction of sp³-hybridized carbons (Fsp3) is 0.235. The zero-order chi connectivity index (χ0) is 14.8. The molecule has 0 fully saturated rings. The molecule has 2 N–H and O–H groups in total. The van der Waals surface area contributed by atoms with E-state index in [1.807, 2.05) is 12.1 Å². The molecular weight excluding hydrogens is 330 g/mol. The molecule has 108 valence electrons. The number of rotatable bonds is 2. The van der Waals surface area contributed by atoms with Gasteiger partial charge in [0.25, 0.3) is 5.91 Å². The Kier molecular flexibility index (Phi) is 3.97. The lowest BCUT2D eigenvalue weighted by molar-refractivity contribution is 0.0930. The van der Waals surface area contributed by atoms with Crippen LogP contribution in [0.15, 0.2) is 46.9 Å². The minimum Gasteiger partial charge on any atom is -0.507 e. The Morgan fingerprint density at radius 3 is 2.90 bits per heavy atom. The van der Waals surface area contributed by atoms with Crippen molar-refractivity contribution >= 4 is 21.8 Å². The number of hydrogen-bond donors (Lipinski definition) is 2. The molecule has 0 spiro atoms. The van der Waals surface area contributed by atoms with Gasteiger partial charge in [-0.1, -0.05) is 40.2 Å². The molecule has 0 bridgehead atoms. The average molecular weight is 346 g/mol. The van der Waals surface area contributed by atoms with E-state index in [4.69, 9.17) is 0 Å². The number of aryl methyl sites for hydroxylation is 1. The molecule has 1 unspecified atom stereocenters. The van der Waals surface area contributed by atoms with Crippen LogP contribution in [0.3, 0.4) is 0 Å². The number of phenolic OH excluding ortho intramolecular Hbond substituents is 1. The lowest BCUT2D eigenvalue weighted by Gasteiger charge is -2.26. The molecular formula is C17H16BrNO2. The maximum atomic E-state index is 12.4. The number of amides is 1. The number of hydrogen-bond acceptors (Lipinski definition) is 2. The van der Waals surface area contributed by atoms with Crippen molar-refractivity contribution in [2.24, 2.45) is 0 Å². The van der Waals surface area contributed by atoms with Gasteiger partial charge in [-0.05, 0) is 48.6 Å². The van der Waals surface area contributed by atoms with Gasteiger partial charge in [0, 0.05) is 4.47 Å². The van der Waals surface area contributed by atoms with E-state index in [1.165, 1.54) is 17.2 Å². The van der Waals surface area contributed by atoms with Crippen molar-refractivity contribution in [3.8, 4) is 5.75 Å². The van der Waals surface area contributed by atoms with Crippen LogP contribution in [0.5, 0.6) is 5.75 Å². The second kappa shape index (κ2) is 5.90. The van der Waals surface area contributed by atoms with Gasteiger partial charge in [-0.3, -0.25) is 4.79 Å². The second-order valence-electron chi connectivity index (χ2n) is 5.28. The van der Waals surface area contributed by atoms with Crippen molar-refractivity contribution in [3.63, 3.8) is 0 Å². The third-order valence-corrected chi connectivity index (χ3v) is 4.37. The smallest absolute Gasteiger partial charge is 0.255 e. The Labute approximate surface area is 132 Å². The normalized spacial score (nSPS) is 17.1. The predicted molar refractivity (Wildman–Crippen MR) is 85.4 cm³/mol. The Balaban J connectivity index is 1.84. The molecule has 0 saturated carbocycles. The Bertz CT molecular complexity index is 684. The van der Waals surface area contributed by atoms with E-state index in [9.17, 15) is 9.90 Å². The van der Waals surface area contributed by atoms with E-state index in [0.717, 1.165) is 23.7 Å². The van der Waals surface area contributed by atoms with E-state index < -0.39 is 0 Å². The first-order chi connectivity index (χ1) is 10.1. The molecule has 3 nitrogen and oxygen atoms in total. The molecule has 0 heterocycles. The SMILES string of the molecule is O=C(NC1CCCc2ccccc21)c1cc(Br)ccc1O. The Hall–Kier alpha value is -1.81. The molecule has 1 aliphatic carbocycles. The largest absolute Gasteiger partial charge is 0.507 e. The van der Waals surface area contributed by atoms with Gasteiger partial charge in [0.1, 0.15) is 5.75 Å². The summed E-state index contributed by atoms with van der Waals surface area (Å²) >= 11 is 3.32. The van der Waals surface area contributed by atoms with Crippen LogP contribution in [0, 0.1) is 0 Å². The van der Waals surface area contributed by atoms with E-state index in [-0.39, 0.29) is 17.7 Å². The minimum absolute atomic E-state index is 0.000190. The Morgan fingerprint density at radius 2 is 2.05 bits per heavy atom. The number of carbonyl (C=O) groups excluding carboxylic acids is 1. The summed E-state index contributed by atoms with van der Waals surface area (Å²) in [5, 5.41) is 12.9. The summed E-state index contributed by atoms with van der Waals surface area (Å²) < 4.78 is 0.773. The highest BCUT2D eigenvalue weighted by Crippen LogP contribution is 2.30. The molecule has 0 radical (unpaired) electrons. The number of nitrogens with one attached hydrogen (secondary N) is 1. The molecule has 2 aromatic rings. The van der Waals surface area contributed by atoms with Crippen LogP contribution < -0.4 is 5.32 Å². The number of phenols is 1. The van der Waals surface area contributed by atoms with Gasteiger partial charge >= 0.3 is 0 Å². The first-order valence-electron chi connectivity index (χ1n) is 7.02. The summed E-state index contributed by atoms with van der Waals surface area (Å²) in [6.45, 7) is 0. The first-order valence-corrected chi connectivity index (χ1v) is 7.81. The van der Waals surface area contributed by atoms with E-state index in [1.54, 1.807) is 12.1 Å². The molecule has 0 saturated heterocycles. The summed E-state index contributed by atoms with van der Waals surface area (Å²) in [5.74, 6) is -0.240. The molecule has 1 aliphatic rings. The summed E-state index contributed by atoms with van der Waals surface area (Å²) in [7, 11) is 0. The highest BCUT2D eigenvalue weighted by Gasteiger charge is 2.22. The lowest BCUT2D eigenvalue weighted by Crippen LogP contribution is -2.31. The van der Waals surface area contributed by atoms with Crippen molar-refractivity contribution in [3.05, 3.63) is 63.6 Å².